The number of nitrogens with two attached hydrogens (primary N) is 1. The Morgan fingerprint density at radius 3 is 2.91 bits per heavy atom. The van der Waals surface area contributed by atoms with Crippen molar-refractivity contribution in [3.8, 4) is 0 Å². The maximum absolute atomic E-state index is 10.8. The van der Waals surface area contributed by atoms with Crippen LogP contribution < -0.4 is 5.73 Å². The molecule has 0 unspecified atom stereocenters. The van der Waals surface area contributed by atoms with Gasteiger partial charge in [-0.3, -0.25) is 4.57 Å². The monoisotopic (exact) mass is 332 g/mol. The molecule has 1 fully saturated rings. The van der Waals surface area contributed by atoms with E-state index >= 15 is 0 Å². The van der Waals surface area contributed by atoms with Crippen molar-refractivity contribution in [2.45, 2.75) is 25.0 Å². The molecule has 0 aromatic carbocycles. The van der Waals surface area contributed by atoms with Gasteiger partial charge < -0.3 is 30.1 Å². The molecular weight excluding hydrogens is 319 g/mol. The van der Waals surface area contributed by atoms with Gasteiger partial charge in [0.25, 0.3) is 0 Å². The third kappa shape index (κ3) is 3.06. The van der Waals surface area contributed by atoms with Gasteiger partial charge in [0.15, 0.2) is 30.2 Å². The van der Waals surface area contributed by atoms with Gasteiger partial charge >= 0.3 is 7.60 Å². The van der Waals surface area contributed by atoms with E-state index in [1.807, 2.05) is 0 Å². The fourth-order valence-electron chi connectivity index (χ4n) is 2.00. The molecule has 120 valence electrons. The van der Waals surface area contributed by atoms with Crippen molar-refractivity contribution in [2.24, 2.45) is 0 Å². The summed E-state index contributed by atoms with van der Waals surface area (Å²) in [6.45, 7) is 0. The van der Waals surface area contributed by atoms with Crippen molar-refractivity contribution in [2.75, 3.05) is 12.1 Å². The topological polar surface area (TPSA) is 179 Å². The summed E-state index contributed by atoms with van der Waals surface area (Å²) in [5.74, 6) is 0.137. The van der Waals surface area contributed by atoms with Gasteiger partial charge in [0, 0.05) is 6.42 Å². The van der Waals surface area contributed by atoms with Crippen molar-refractivity contribution < 1.29 is 28.9 Å². The number of nitrogen functional groups attached to an aromatic ring is 1. The first-order valence-electron chi connectivity index (χ1n) is 6.16. The quantitative estimate of drug-likeness (QED) is 0.482. The van der Waals surface area contributed by atoms with Gasteiger partial charge in [-0.2, -0.15) is 0 Å². The van der Waals surface area contributed by atoms with Crippen LogP contribution in [0.1, 0.15) is 12.6 Å². The van der Waals surface area contributed by atoms with E-state index in [9.17, 15) is 9.67 Å². The van der Waals surface area contributed by atoms with Gasteiger partial charge in [-0.1, -0.05) is 0 Å². The molecule has 22 heavy (non-hydrogen) atoms. The highest BCUT2D eigenvalue weighted by Crippen LogP contribution is 2.37. The van der Waals surface area contributed by atoms with E-state index in [-0.39, 0.29) is 23.4 Å². The lowest BCUT2D eigenvalue weighted by atomic mass is 10.3. The van der Waals surface area contributed by atoms with Crippen LogP contribution >= 0.6 is 7.60 Å². The Balaban J connectivity index is 1.76. The Kier molecular flexibility index (Phi) is 3.80. The lowest BCUT2D eigenvalue weighted by Gasteiger charge is -2.14. The molecule has 1 aliphatic rings. The van der Waals surface area contributed by atoms with E-state index in [4.69, 9.17) is 25.0 Å². The van der Waals surface area contributed by atoms with Gasteiger partial charge in [0.2, 0.25) is 5.65 Å². The Hall–Kier alpha value is -1.69. The summed E-state index contributed by atoms with van der Waals surface area (Å²) in [5.41, 5.74) is 6.14. The van der Waals surface area contributed by atoms with E-state index in [2.05, 4.69) is 20.2 Å². The zero-order valence-electron chi connectivity index (χ0n) is 11.1. The van der Waals surface area contributed by atoms with E-state index in [0.29, 0.717) is 0 Å². The van der Waals surface area contributed by atoms with E-state index in [0.717, 1.165) is 4.80 Å². The third-order valence-corrected chi connectivity index (χ3v) is 3.43. The average Bonchev–Trinajstić information content (AvgIpc) is 3.00. The van der Waals surface area contributed by atoms with Gasteiger partial charge in [0.1, 0.15) is 12.4 Å². The molecule has 5 N–H and O–H groups in total. The SMILES string of the molecule is Nc1ncnc2nn([C@@H]3O[C@H](OCP(=O)(O)O)C[C@H]3O)nc12. The molecule has 3 heterocycles. The molecule has 0 saturated carbocycles. The van der Waals surface area contributed by atoms with E-state index in [1.54, 1.807) is 0 Å². The first-order chi connectivity index (χ1) is 10.3. The number of rotatable bonds is 4. The number of nitrogens with zero attached hydrogens (tertiary/aromatic N) is 5. The molecule has 0 radical (unpaired) electrons. The van der Waals surface area contributed by atoms with Gasteiger partial charge in [0.05, 0.1) is 0 Å². The number of hydrogen-bond acceptors (Lipinski definition) is 9. The van der Waals surface area contributed by atoms with Gasteiger partial charge in [-0.05, 0) is 0 Å². The molecule has 2 aromatic rings. The minimum atomic E-state index is -4.32. The lowest BCUT2D eigenvalue weighted by molar-refractivity contribution is -0.152. The predicted molar refractivity (Wildman–Crippen MR) is 70.1 cm³/mol. The van der Waals surface area contributed by atoms with Crippen LogP contribution in [-0.2, 0) is 14.0 Å². The van der Waals surface area contributed by atoms with Crippen LogP contribution in [0.3, 0.4) is 0 Å². The van der Waals surface area contributed by atoms with Crippen molar-refractivity contribution in [3.05, 3.63) is 6.33 Å². The van der Waals surface area contributed by atoms with Crippen LogP contribution in [0, 0.1) is 0 Å². The molecule has 0 bridgehead atoms. The van der Waals surface area contributed by atoms with Crippen molar-refractivity contribution >= 4 is 24.6 Å². The van der Waals surface area contributed by atoms with E-state index < -0.39 is 32.6 Å². The Bertz CT molecular complexity index is 732. The van der Waals surface area contributed by atoms with Crippen molar-refractivity contribution in [1.29, 1.82) is 0 Å². The van der Waals surface area contributed by atoms with Crippen LogP contribution in [0.4, 0.5) is 5.82 Å². The number of aliphatic hydroxyl groups is 1. The summed E-state index contributed by atoms with van der Waals surface area (Å²) in [5, 5.41) is 18.0. The van der Waals surface area contributed by atoms with Gasteiger partial charge in [-0.25, -0.2) is 9.97 Å². The summed E-state index contributed by atoms with van der Waals surface area (Å²) in [6.07, 6.45) is -2.53. The number of aromatic nitrogens is 5. The van der Waals surface area contributed by atoms with Crippen molar-refractivity contribution in [3.63, 3.8) is 0 Å². The van der Waals surface area contributed by atoms with Crippen LogP contribution in [0.15, 0.2) is 6.33 Å². The van der Waals surface area contributed by atoms with Gasteiger partial charge in [-0.15, -0.1) is 15.0 Å². The first-order valence-corrected chi connectivity index (χ1v) is 7.96. The number of ether oxygens (including phenoxy) is 2. The molecule has 2 aromatic heterocycles. The molecule has 13 heteroatoms. The number of anilines is 1. The summed E-state index contributed by atoms with van der Waals surface area (Å²) in [4.78, 5) is 26.3. The zero-order chi connectivity index (χ0) is 15.9. The maximum atomic E-state index is 10.8. The minimum Gasteiger partial charge on any atom is -0.388 e. The second kappa shape index (κ2) is 5.50. The average molecular weight is 332 g/mol. The van der Waals surface area contributed by atoms with Crippen LogP contribution in [0.5, 0.6) is 0 Å². The summed E-state index contributed by atoms with van der Waals surface area (Å²) in [6, 6.07) is 0. The summed E-state index contributed by atoms with van der Waals surface area (Å²) in [7, 11) is -4.32. The molecular formula is C9H13N6O6P. The largest absolute Gasteiger partial charge is 0.388 e. The normalized spacial score (nSPS) is 25.9. The molecule has 0 amide bonds. The molecule has 3 atom stereocenters. The van der Waals surface area contributed by atoms with Crippen LogP contribution in [0.25, 0.3) is 11.2 Å². The minimum absolute atomic E-state index is 0.0176. The van der Waals surface area contributed by atoms with Crippen LogP contribution in [-0.4, -0.2) is 58.6 Å². The molecule has 0 aliphatic carbocycles. The van der Waals surface area contributed by atoms with E-state index in [1.165, 1.54) is 6.33 Å². The molecule has 12 nitrogen and oxygen atoms in total. The Labute approximate surface area is 123 Å². The number of hydrogen-bond donors (Lipinski definition) is 4. The third-order valence-electron chi connectivity index (χ3n) is 2.94. The second-order valence-corrected chi connectivity index (χ2v) is 6.26. The summed E-state index contributed by atoms with van der Waals surface area (Å²) >= 11 is 0. The molecule has 1 saturated heterocycles. The highest BCUT2D eigenvalue weighted by molar-refractivity contribution is 7.51. The fourth-order valence-corrected chi connectivity index (χ4v) is 2.36. The number of aliphatic hydroxyl groups excluding tert-OH is 1. The predicted octanol–water partition coefficient (Wildman–Crippen LogP) is -1.44. The lowest BCUT2D eigenvalue weighted by Crippen LogP contribution is -2.22. The first kappa shape index (κ1) is 15.2. The van der Waals surface area contributed by atoms with Crippen LogP contribution in [0.2, 0.25) is 0 Å². The number of fused-ring (bicyclic) bond motifs is 1. The standard InChI is InChI=1S/C9H13N6O6P/c10-7-6-8(12-2-11-7)14-15(13-6)9-4(16)1-5(21-9)20-3-22(17,18)19/h2,4-5,9,16H,1,3H2,(H2,17,18,19)(H2,10,11,12,14)/t4-,5+,9-/m1/s1. The smallest absolute Gasteiger partial charge is 0.351 e. The second-order valence-electron chi connectivity index (χ2n) is 4.67. The Morgan fingerprint density at radius 1 is 1.45 bits per heavy atom. The zero-order valence-corrected chi connectivity index (χ0v) is 11.9. The molecule has 3 rings (SSSR count). The summed E-state index contributed by atoms with van der Waals surface area (Å²) < 4.78 is 21.0. The molecule has 1 aliphatic heterocycles. The molecule has 0 spiro atoms. The highest BCUT2D eigenvalue weighted by atomic mass is 31.2. The highest BCUT2D eigenvalue weighted by Gasteiger charge is 2.38. The maximum Gasteiger partial charge on any atom is 0.351 e. The Morgan fingerprint density at radius 2 is 2.23 bits per heavy atom. The van der Waals surface area contributed by atoms with Crippen molar-refractivity contribution in [1.82, 2.24) is 25.0 Å². The fraction of sp³-hybridized carbons (Fsp3) is 0.556.